The summed E-state index contributed by atoms with van der Waals surface area (Å²) in [6.45, 7) is 2.67. The lowest BCUT2D eigenvalue weighted by molar-refractivity contribution is -0.141. The second kappa shape index (κ2) is 7.18. The van der Waals surface area contributed by atoms with Gasteiger partial charge in [0.1, 0.15) is 11.6 Å². The van der Waals surface area contributed by atoms with Crippen molar-refractivity contribution in [1.29, 1.82) is 0 Å². The molecule has 1 saturated heterocycles. The molecule has 6 heteroatoms. The van der Waals surface area contributed by atoms with E-state index in [1.807, 2.05) is 29.2 Å². The van der Waals surface area contributed by atoms with Crippen molar-refractivity contribution < 1.29 is 13.9 Å². The van der Waals surface area contributed by atoms with Gasteiger partial charge in [0.25, 0.3) is 0 Å². The van der Waals surface area contributed by atoms with Crippen LogP contribution in [0.5, 0.6) is 5.75 Å². The largest absolute Gasteiger partial charge is 0.497 e. The molecule has 1 aromatic carbocycles. The predicted molar refractivity (Wildman–Crippen MR) is 102 cm³/mol. The number of anilines is 1. The van der Waals surface area contributed by atoms with Crippen LogP contribution in [0.4, 0.5) is 10.1 Å². The fourth-order valence-electron chi connectivity index (χ4n) is 4.11. The zero-order chi connectivity index (χ0) is 18.9. The van der Waals surface area contributed by atoms with Gasteiger partial charge in [0, 0.05) is 32.2 Å². The summed E-state index contributed by atoms with van der Waals surface area (Å²) in [5.41, 5.74) is 1.46. The second-order valence-corrected chi connectivity index (χ2v) is 7.30. The number of aromatic nitrogens is 1. The number of benzene rings is 1. The summed E-state index contributed by atoms with van der Waals surface area (Å²) in [5, 5.41) is 0. The van der Waals surface area contributed by atoms with Crippen molar-refractivity contribution in [3.05, 3.63) is 54.1 Å². The van der Waals surface area contributed by atoms with E-state index in [1.165, 1.54) is 12.3 Å². The number of hydrogen-bond donors (Lipinski definition) is 0. The van der Waals surface area contributed by atoms with Crippen molar-refractivity contribution in [3.63, 3.8) is 0 Å². The van der Waals surface area contributed by atoms with E-state index < -0.39 is 5.41 Å². The number of nitrogens with zero attached hydrogens (tertiary/aromatic N) is 3. The van der Waals surface area contributed by atoms with E-state index in [2.05, 4.69) is 9.88 Å². The molecule has 0 N–H and O–H groups in total. The maximum atomic E-state index is 13.4. The summed E-state index contributed by atoms with van der Waals surface area (Å²) in [6, 6.07) is 9.39. The molecule has 1 aliphatic heterocycles. The summed E-state index contributed by atoms with van der Waals surface area (Å²) in [4.78, 5) is 21.3. The monoisotopic (exact) mass is 369 g/mol. The topological polar surface area (TPSA) is 45.7 Å². The van der Waals surface area contributed by atoms with Gasteiger partial charge < -0.3 is 14.5 Å². The van der Waals surface area contributed by atoms with Gasteiger partial charge in [-0.2, -0.15) is 0 Å². The number of carbonyl (C=O) groups excluding carboxylic acids is 1. The van der Waals surface area contributed by atoms with E-state index >= 15 is 0 Å². The molecule has 0 spiro atoms. The van der Waals surface area contributed by atoms with E-state index in [4.69, 9.17) is 4.74 Å². The van der Waals surface area contributed by atoms with Crippen LogP contribution in [0.3, 0.4) is 0 Å². The van der Waals surface area contributed by atoms with E-state index in [9.17, 15) is 9.18 Å². The highest BCUT2D eigenvalue weighted by Crippen LogP contribution is 2.45. The fourth-order valence-corrected chi connectivity index (χ4v) is 4.11. The minimum absolute atomic E-state index is 0.218. The summed E-state index contributed by atoms with van der Waals surface area (Å²) >= 11 is 0. The Balaban J connectivity index is 1.46. The number of amides is 1. The van der Waals surface area contributed by atoms with Crippen LogP contribution >= 0.6 is 0 Å². The molecule has 2 fully saturated rings. The smallest absolute Gasteiger partial charge is 0.233 e. The van der Waals surface area contributed by atoms with Crippen molar-refractivity contribution in [2.45, 2.75) is 24.7 Å². The summed E-state index contributed by atoms with van der Waals surface area (Å²) in [6.07, 6.45) is 5.74. The number of pyridine rings is 1. The average molecular weight is 369 g/mol. The molecule has 0 bridgehead atoms. The van der Waals surface area contributed by atoms with Crippen LogP contribution in [0.15, 0.2) is 42.7 Å². The van der Waals surface area contributed by atoms with Crippen molar-refractivity contribution in [3.8, 4) is 5.75 Å². The molecule has 0 atom stereocenters. The van der Waals surface area contributed by atoms with E-state index in [-0.39, 0.29) is 11.7 Å². The number of methoxy groups -OCH3 is 1. The highest BCUT2D eigenvalue weighted by molar-refractivity contribution is 5.89. The number of halogens is 1. The number of carbonyl (C=O) groups is 1. The number of rotatable bonds is 4. The molecule has 5 nitrogen and oxygen atoms in total. The Labute approximate surface area is 158 Å². The van der Waals surface area contributed by atoms with Crippen LogP contribution in [-0.4, -0.2) is 49.1 Å². The Hall–Kier alpha value is -2.63. The van der Waals surface area contributed by atoms with Gasteiger partial charge in [-0.05, 0) is 30.5 Å². The van der Waals surface area contributed by atoms with Crippen LogP contribution in [0.2, 0.25) is 0 Å². The van der Waals surface area contributed by atoms with Crippen molar-refractivity contribution in [1.82, 2.24) is 9.88 Å². The molecular weight excluding hydrogens is 345 g/mol. The van der Waals surface area contributed by atoms with Crippen molar-refractivity contribution >= 4 is 11.6 Å². The SMILES string of the molecule is COc1ccc(C2(C(=O)N3CCN(c4cncc(F)c4)CC3)CCC2)cc1. The minimum atomic E-state index is -0.394. The van der Waals surface area contributed by atoms with Gasteiger partial charge >= 0.3 is 0 Å². The molecular formula is C21H24FN3O2. The number of piperazine rings is 1. The van der Waals surface area contributed by atoms with E-state index in [0.717, 1.165) is 36.3 Å². The molecule has 2 heterocycles. The third kappa shape index (κ3) is 3.24. The van der Waals surface area contributed by atoms with Gasteiger partial charge in [0.05, 0.1) is 30.6 Å². The highest BCUT2D eigenvalue weighted by Gasteiger charge is 2.48. The van der Waals surface area contributed by atoms with Crippen LogP contribution in [0, 0.1) is 5.82 Å². The van der Waals surface area contributed by atoms with Gasteiger partial charge in [-0.1, -0.05) is 18.6 Å². The number of hydrogen-bond acceptors (Lipinski definition) is 4. The molecule has 0 unspecified atom stereocenters. The third-order valence-corrected chi connectivity index (χ3v) is 5.88. The summed E-state index contributed by atoms with van der Waals surface area (Å²) in [7, 11) is 1.65. The molecule has 2 aromatic rings. The third-order valence-electron chi connectivity index (χ3n) is 5.88. The fraction of sp³-hybridized carbons (Fsp3) is 0.429. The quantitative estimate of drug-likeness (QED) is 0.831. The molecule has 2 aliphatic rings. The molecule has 27 heavy (non-hydrogen) atoms. The van der Waals surface area contributed by atoms with Crippen molar-refractivity contribution in [2.24, 2.45) is 0 Å². The van der Waals surface area contributed by atoms with Crippen LogP contribution in [0.1, 0.15) is 24.8 Å². The molecule has 142 valence electrons. The molecule has 1 amide bonds. The second-order valence-electron chi connectivity index (χ2n) is 7.30. The zero-order valence-electron chi connectivity index (χ0n) is 15.5. The predicted octanol–water partition coefficient (Wildman–Crippen LogP) is 3.00. The van der Waals surface area contributed by atoms with Gasteiger partial charge in [-0.15, -0.1) is 0 Å². The Morgan fingerprint density at radius 2 is 1.81 bits per heavy atom. The minimum Gasteiger partial charge on any atom is -0.497 e. The van der Waals surface area contributed by atoms with E-state index in [1.54, 1.807) is 13.3 Å². The normalized spacial score (nSPS) is 18.7. The molecule has 1 aromatic heterocycles. The van der Waals surface area contributed by atoms with Gasteiger partial charge in [0.15, 0.2) is 0 Å². The first kappa shape index (κ1) is 17.8. The Bertz CT molecular complexity index is 812. The first-order valence-corrected chi connectivity index (χ1v) is 9.42. The number of ether oxygens (including phenoxy) is 1. The van der Waals surface area contributed by atoms with Gasteiger partial charge in [0.2, 0.25) is 5.91 Å². The molecule has 4 rings (SSSR count). The molecule has 1 aliphatic carbocycles. The highest BCUT2D eigenvalue weighted by atomic mass is 19.1. The van der Waals surface area contributed by atoms with E-state index in [0.29, 0.717) is 26.2 Å². The van der Waals surface area contributed by atoms with Gasteiger partial charge in [-0.3, -0.25) is 9.78 Å². The van der Waals surface area contributed by atoms with Crippen molar-refractivity contribution in [2.75, 3.05) is 38.2 Å². The summed E-state index contributed by atoms with van der Waals surface area (Å²) < 4.78 is 18.7. The zero-order valence-corrected chi connectivity index (χ0v) is 15.5. The Morgan fingerprint density at radius 3 is 2.37 bits per heavy atom. The Morgan fingerprint density at radius 1 is 1.11 bits per heavy atom. The average Bonchev–Trinajstić information content (AvgIpc) is 2.68. The lowest BCUT2D eigenvalue weighted by Gasteiger charge is -2.46. The van der Waals surface area contributed by atoms with Crippen LogP contribution in [-0.2, 0) is 10.2 Å². The van der Waals surface area contributed by atoms with Crippen LogP contribution in [0.25, 0.3) is 0 Å². The lowest BCUT2D eigenvalue weighted by Crippen LogP contribution is -2.56. The first-order chi connectivity index (χ1) is 13.1. The summed E-state index contributed by atoms with van der Waals surface area (Å²) in [5.74, 6) is 0.688. The first-order valence-electron chi connectivity index (χ1n) is 9.42. The lowest BCUT2D eigenvalue weighted by atomic mass is 9.63. The molecule has 1 saturated carbocycles. The van der Waals surface area contributed by atoms with Crippen LogP contribution < -0.4 is 9.64 Å². The standard InChI is InChI=1S/C21H24FN3O2/c1-27-19-5-3-16(4-6-19)21(7-2-8-21)20(26)25-11-9-24(10-12-25)18-13-17(22)14-23-15-18/h3-6,13-15H,2,7-12H2,1H3. The molecule has 0 radical (unpaired) electrons. The van der Waals surface area contributed by atoms with Gasteiger partial charge in [-0.25, -0.2) is 4.39 Å². The maximum absolute atomic E-state index is 13.4. The Kier molecular flexibility index (Phi) is 4.72. The maximum Gasteiger partial charge on any atom is 0.233 e.